The number of allylic oxidation sites excluding steroid dienone is 32. The van der Waals surface area contributed by atoms with Crippen molar-refractivity contribution < 1.29 is 75.8 Å². The van der Waals surface area contributed by atoms with Crippen LogP contribution in [0.25, 0.3) is 0 Å². The van der Waals surface area contributed by atoms with Crippen LogP contribution in [-0.4, -0.2) is 95.9 Å². The minimum atomic E-state index is -4.96. The maximum absolute atomic E-state index is 13.0. The zero-order valence-electron chi connectivity index (χ0n) is 76.1. The van der Waals surface area contributed by atoms with Gasteiger partial charge in [0, 0.05) is 19.3 Å². The van der Waals surface area contributed by atoms with Crippen LogP contribution in [0.2, 0.25) is 0 Å². The minimum absolute atomic E-state index is 0.0246. The lowest BCUT2D eigenvalue weighted by atomic mass is 10.0. The Morgan fingerprint density at radius 1 is 0.231 bits per heavy atom. The molecule has 0 aliphatic heterocycles. The molecule has 0 spiro atoms. The molecular formula is C103H172O16P2. The molecule has 0 aliphatic rings. The molecule has 0 aromatic carbocycles. The summed E-state index contributed by atoms with van der Waals surface area (Å²) < 4.78 is 61.4. The average Bonchev–Trinajstić information content (AvgIpc) is 0.901. The first-order chi connectivity index (χ1) is 59.2. The third-order valence-corrected chi connectivity index (χ3v) is 21.7. The predicted molar refractivity (Wildman–Crippen MR) is 509 cm³/mol. The first-order valence-corrected chi connectivity index (χ1v) is 50.7. The highest BCUT2D eigenvalue weighted by Gasteiger charge is 2.29. The van der Waals surface area contributed by atoms with Crippen molar-refractivity contribution in [2.75, 3.05) is 39.6 Å². The molecule has 0 saturated heterocycles. The summed E-state index contributed by atoms with van der Waals surface area (Å²) in [4.78, 5) is 59.0. The summed E-state index contributed by atoms with van der Waals surface area (Å²) in [6.45, 7) is 2.29. The van der Waals surface area contributed by atoms with Crippen molar-refractivity contribution in [3.63, 3.8) is 0 Å². The molecule has 121 heavy (non-hydrogen) atoms. The van der Waals surface area contributed by atoms with Crippen LogP contribution in [0.5, 0.6) is 0 Å². The molecule has 0 heterocycles. The molecule has 0 rings (SSSR count). The normalized spacial score (nSPS) is 14.6. The number of phosphoric acid groups is 2. The van der Waals surface area contributed by atoms with Crippen molar-refractivity contribution in [1.29, 1.82) is 0 Å². The van der Waals surface area contributed by atoms with E-state index in [1.165, 1.54) is 173 Å². The first kappa shape index (κ1) is 115. The fraction of sp³-hybridized carbons (Fsp3) is 0.660. The maximum atomic E-state index is 13.0. The number of phosphoric ester groups is 2. The Hall–Kier alpha value is -5.61. The highest BCUT2D eigenvalue weighted by Crippen LogP contribution is 2.45. The Balaban J connectivity index is 4.55. The lowest BCUT2D eigenvalue weighted by Crippen LogP contribution is -2.29. The van der Waals surface area contributed by atoms with Crippen LogP contribution in [-0.2, 0) is 55.8 Å². The van der Waals surface area contributed by atoms with Crippen molar-refractivity contribution in [3.05, 3.63) is 194 Å². The lowest BCUT2D eigenvalue weighted by Gasteiger charge is -2.21. The molecule has 0 aliphatic carbocycles. The van der Waals surface area contributed by atoms with Gasteiger partial charge in [0.1, 0.15) is 25.4 Å². The van der Waals surface area contributed by atoms with Crippen LogP contribution in [0.1, 0.15) is 380 Å². The zero-order chi connectivity index (χ0) is 87.9. The molecule has 0 aromatic heterocycles. The highest BCUT2D eigenvalue weighted by atomic mass is 31.2. The SMILES string of the molecule is CC/C=C\C/C=C\C/C=C\C/C=C\C/C=C\C/C=C\CCC(=O)OC(COC(=O)CCCCCCCCCCCCCCCCCCC/C=C\C/C=C\C/C=C\C/C=C\C/C=C\CC)COP(=O)(O)OCC(O)COP(=O)(O)OCC(O)COC(=O)CCCCCCCCCCCCCCCCCCC/C=C\C/C=C\C/C=C\C/C=C\C/C=C\CC. The van der Waals surface area contributed by atoms with E-state index in [0.717, 1.165) is 141 Å². The van der Waals surface area contributed by atoms with Crippen molar-refractivity contribution >= 4 is 33.6 Å². The Morgan fingerprint density at radius 3 is 0.686 bits per heavy atom. The van der Waals surface area contributed by atoms with Gasteiger partial charge in [0.05, 0.1) is 26.4 Å². The van der Waals surface area contributed by atoms with Crippen LogP contribution in [0.15, 0.2) is 194 Å². The second-order valence-corrected chi connectivity index (χ2v) is 34.3. The summed E-state index contributed by atoms with van der Waals surface area (Å²) in [7, 11) is -9.84. The van der Waals surface area contributed by atoms with Gasteiger partial charge in [0.25, 0.3) is 0 Å². The molecule has 0 radical (unpaired) electrons. The number of aliphatic hydroxyl groups is 2. The molecule has 5 atom stereocenters. The van der Waals surface area contributed by atoms with E-state index in [2.05, 4.69) is 197 Å². The molecule has 690 valence electrons. The number of aliphatic hydroxyl groups excluding tert-OH is 2. The van der Waals surface area contributed by atoms with Gasteiger partial charge in [-0.05, 0) is 148 Å². The lowest BCUT2D eigenvalue weighted by molar-refractivity contribution is -0.161. The van der Waals surface area contributed by atoms with Crippen LogP contribution in [0.3, 0.4) is 0 Å². The van der Waals surface area contributed by atoms with Crippen molar-refractivity contribution in [2.45, 2.75) is 399 Å². The summed E-state index contributed by atoms with van der Waals surface area (Å²) in [5.41, 5.74) is 0. The van der Waals surface area contributed by atoms with E-state index in [1.807, 2.05) is 18.2 Å². The molecule has 0 aromatic rings. The number of rotatable bonds is 89. The Labute approximate surface area is 737 Å². The predicted octanol–water partition coefficient (Wildman–Crippen LogP) is 29.8. The third kappa shape index (κ3) is 94.9. The molecule has 0 amide bonds. The molecule has 5 unspecified atom stereocenters. The van der Waals surface area contributed by atoms with E-state index in [0.29, 0.717) is 25.7 Å². The molecule has 0 bridgehead atoms. The molecule has 16 nitrogen and oxygen atoms in total. The number of carbonyl (C=O) groups is 3. The van der Waals surface area contributed by atoms with Gasteiger partial charge in [0.15, 0.2) is 6.10 Å². The third-order valence-electron chi connectivity index (χ3n) is 19.8. The van der Waals surface area contributed by atoms with Crippen molar-refractivity contribution in [1.82, 2.24) is 0 Å². The first-order valence-electron chi connectivity index (χ1n) is 47.7. The van der Waals surface area contributed by atoms with E-state index in [4.69, 9.17) is 32.3 Å². The van der Waals surface area contributed by atoms with E-state index in [1.54, 1.807) is 0 Å². The number of hydrogen-bond acceptors (Lipinski definition) is 14. The number of unbranched alkanes of at least 4 members (excludes halogenated alkanes) is 34. The van der Waals surface area contributed by atoms with Crippen LogP contribution < -0.4 is 0 Å². The fourth-order valence-electron chi connectivity index (χ4n) is 12.7. The van der Waals surface area contributed by atoms with Crippen molar-refractivity contribution in [2.24, 2.45) is 0 Å². The Bertz CT molecular complexity index is 2980. The number of carbonyl (C=O) groups excluding carboxylic acids is 3. The van der Waals surface area contributed by atoms with E-state index in [-0.39, 0.29) is 19.3 Å². The quantitative estimate of drug-likeness (QED) is 0.0146. The molecule has 0 saturated carbocycles. The summed E-state index contributed by atoms with van der Waals surface area (Å²) in [6.07, 6.45) is 125. The zero-order valence-corrected chi connectivity index (χ0v) is 77.9. The maximum Gasteiger partial charge on any atom is 0.472 e. The largest absolute Gasteiger partial charge is 0.472 e. The number of ether oxygens (including phenoxy) is 3. The number of hydrogen-bond donors (Lipinski definition) is 4. The highest BCUT2D eigenvalue weighted by molar-refractivity contribution is 7.47. The van der Waals surface area contributed by atoms with Gasteiger partial charge in [-0.25, -0.2) is 9.13 Å². The smallest absolute Gasteiger partial charge is 0.463 e. The molecular weight excluding hydrogens is 1560 g/mol. The van der Waals surface area contributed by atoms with Crippen LogP contribution in [0.4, 0.5) is 0 Å². The van der Waals surface area contributed by atoms with Gasteiger partial charge in [-0.2, -0.15) is 0 Å². The molecule has 18 heteroatoms. The minimum Gasteiger partial charge on any atom is -0.463 e. The van der Waals surface area contributed by atoms with Gasteiger partial charge in [-0.1, -0.05) is 408 Å². The standard InChI is InChI=1S/C103H172O16P2/c1-4-7-10-13-16-19-22-25-28-31-34-36-38-40-42-44-46-48-50-52-54-56-58-60-63-65-68-71-74-77-80-83-86-89-101(106)113-92-98(104)93-115-120(109,110)116-94-99(105)95-117-121(111,112)118-97-100(119-103(108)91-88-85-82-79-76-73-70-67-62-33-30-27-24-21-18-15-12-9-6-3)96-114-102(107)90-87-84-81-78-75-72-69-66-64-61-59-57-55-53-51-49-47-45-43-41-39-37-35-32-29-26-23-20-17-14-11-8-5-2/h7-12,16-21,25-30,34-37,40-43,62,67,73,76,82,85,98-100,104-105H,4-6,13-15,22-24,31-33,38-39,44-61,63-66,68-72,74-75,77-81,83-84,86-97H2,1-3H3,(H,109,110)(H,111,112)/b10-7-,11-8-,12-9-,19-16-,20-17-,21-18-,28-25-,29-26-,30-27-,36-34-,37-35-,42-40-,43-41-,67-62-,76-73-,85-82-. The number of esters is 3. The summed E-state index contributed by atoms with van der Waals surface area (Å²) in [5, 5.41) is 20.7. The Morgan fingerprint density at radius 2 is 0.430 bits per heavy atom. The summed E-state index contributed by atoms with van der Waals surface area (Å²) in [6, 6.07) is 0. The van der Waals surface area contributed by atoms with Gasteiger partial charge in [-0.15, -0.1) is 0 Å². The van der Waals surface area contributed by atoms with E-state index in [9.17, 15) is 43.5 Å². The van der Waals surface area contributed by atoms with Crippen LogP contribution >= 0.6 is 15.6 Å². The Kier molecular flexibility index (Phi) is 89.2. The molecule has 4 N–H and O–H groups in total. The van der Waals surface area contributed by atoms with E-state index < -0.39 is 91.5 Å². The van der Waals surface area contributed by atoms with Gasteiger partial charge < -0.3 is 34.2 Å². The van der Waals surface area contributed by atoms with Gasteiger partial charge in [0.2, 0.25) is 0 Å². The van der Waals surface area contributed by atoms with Crippen molar-refractivity contribution in [3.8, 4) is 0 Å². The fourth-order valence-corrected chi connectivity index (χ4v) is 14.3. The topological polar surface area (TPSA) is 231 Å². The van der Waals surface area contributed by atoms with Gasteiger partial charge >= 0.3 is 33.6 Å². The summed E-state index contributed by atoms with van der Waals surface area (Å²) >= 11 is 0. The average molecular weight is 1730 g/mol. The van der Waals surface area contributed by atoms with Crippen LogP contribution in [0, 0.1) is 0 Å². The van der Waals surface area contributed by atoms with Gasteiger partial charge in [-0.3, -0.25) is 32.5 Å². The summed E-state index contributed by atoms with van der Waals surface area (Å²) in [5.74, 6) is -1.67. The van der Waals surface area contributed by atoms with E-state index >= 15 is 0 Å². The second kappa shape index (κ2) is 93.5. The molecule has 0 fully saturated rings. The monoisotopic (exact) mass is 1730 g/mol. The second-order valence-electron chi connectivity index (χ2n) is 31.4.